The molecule has 0 unspecified atom stereocenters. The lowest BCUT2D eigenvalue weighted by Gasteiger charge is -2.36. The predicted molar refractivity (Wildman–Crippen MR) is 87.0 cm³/mol. The molecule has 2 rings (SSSR count). The minimum atomic E-state index is 0.496. The van der Waals surface area contributed by atoms with Crippen LogP contribution in [0.3, 0.4) is 0 Å². The third-order valence-electron chi connectivity index (χ3n) is 4.47. The largest absolute Gasteiger partial charge is 0.311 e. The number of benzene rings is 1. The molecule has 0 amide bonds. The van der Waals surface area contributed by atoms with Crippen LogP contribution < -0.4 is 5.32 Å². The first-order chi connectivity index (χ1) is 9.15. The van der Waals surface area contributed by atoms with Crippen LogP contribution in [0.1, 0.15) is 48.8 Å². The van der Waals surface area contributed by atoms with Gasteiger partial charge in [0.2, 0.25) is 0 Å². The maximum atomic E-state index is 3.71. The van der Waals surface area contributed by atoms with E-state index in [4.69, 9.17) is 0 Å². The molecule has 1 saturated carbocycles. The zero-order valence-corrected chi connectivity index (χ0v) is 13.4. The topological polar surface area (TPSA) is 12.0 Å². The van der Waals surface area contributed by atoms with Gasteiger partial charge in [0, 0.05) is 17.8 Å². The Morgan fingerprint density at radius 1 is 1.16 bits per heavy atom. The molecular weight excluding hydrogens is 250 g/mol. The molecule has 1 fully saturated rings. The van der Waals surface area contributed by atoms with Crippen molar-refractivity contribution in [3.63, 3.8) is 0 Å². The van der Waals surface area contributed by atoms with E-state index < -0.39 is 0 Å². The van der Waals surface area contributed by atoms with Gasteiger partial charge in [-0.2, -0.15) is 11.8 Å². The summed E-state index contributed by atoms with van der Waals surface area (Å²) in [5, 5.41) is 3.71. The van der Waals surface area contributed by atoms with Gasteiger partial charge in [-0.25, -0.2) is 0 Å². The molecule has 0 bridgehead atoms. The molecule has 1 N–H and O–H groups in total. The summed E-state index contributed by atoms with van der Waals surface area (Å²) >= 11 is 2.07. The molecule has 1 nitrogen and oxygen atoms in total. The van der Waals surface area contributed by atoms with Crippen LogP contribution in [-0.4, -0.2) is 17.5 Å². The average molecular weight is 277 g/mol. The quantitative estimate of drug-likeness (QED) is 0.853. The normalized spacial score (nSPS) is 18.5. The van der Waals surface area contributed by atoms with Gasteiger partial charge in [-0.3, -0.25) is 0 Å². The molecule has 0 aromatic heterocycles. The fourth-order valence-corrected chi connectivity index (χ4v) is 4.01. The number of hydrogen-bond donors (Lipinski definition) is 1. The summed E-state index contributed by atoms with van der Waals surface area (Å²) in [6.45, 7) is 6.55. The van der Waals surface area contributed by atoms with E-state index in [1.807, 2.05) is 0 Å². The smallest absolute Gasteiger partial charge is 0.0281 e. The zero-order chi connectivity index (χ0) is 13.7. The molecule has 0 radical (unpaired) electrons. The molecule has 1 aliphatic rings. The van der Waals surface area contributed by atoms with Gasteiger partial charge in [0.25, 0.3) is 0 Å². The first-order valence-corrected chi connectivity index (χ1v) is 8.70. The summed E-state index contributed by atoms with van der Waals surface area (Å²) in [7, 11) is 0. The van der Waals surface area contributed by atoms with E-state index in [0.717, 1.165) is 13.1 Å². The molecule has 0 saturated heterocycles. The second kappa shape index (κ2) is 6.81. The standard InChI is InChI=1S/C17H27NS/c1-14-7-8-15(2)16(11-14)12-18-13-17(19-3)9-5-4-6-10-17/h7-8,11,18H,4-6,9-10,12-13H2,1-3H3. The fourth-order valence-electron chi connectivity index (χ4n) is 3.06. The van der Waals surface area contributed by atoms with Crippen molar-refractivity contribution in [2.75, 3.05) is 12.8 Å². The number of aryl methyl sites for hydroxylation is 2. The van der Waals surface area contributed by atoms with Crippen molar-refractivity contribution in [2.45, 2.75) is 57.2 Å². The van der Waals surface area contributed by atoms with Gasteiger partial charge in [-0.05, 0) is 44.1 Å². The van der Waals surface area contributed by atoms with Crippen molar-refractivity contribution in [1.29, 1.82) is 0 Å². The Kier molecular flexibility index (Phi) is 5.35. The highest BCUT2D eigenvalue weighted by Crippen LogP contribution is 2.38. The second-order valence-corrected chi connectivity index (χ2v) is 7.26. The van der Waals surface area contributed by atoms with Gasteiger partial charge in [0.15, 0.2) is 0 Å². The van der Waals surface area contributed by atoms with E-state index >= 15 is 0 Å². The third kappa shape index (κ3) is 4.00. The summed E-state index contributed by atoms with van der Waals surface area (Å²) < 4.78 is 0.496. The summed E-state index contributed by atoms with van der Waals surface area (Å²) in [6.07, 6.45) is 9.30. The Hall–Kier alpha value is -0.470. The van der Waals surface area contributed by atoms with Crippen molar-refractivity contribution in [2.24, 2.45) is 0 Å². The van der Waals surface area contributed by atoms with E-state index in [-0.39, 0.29) is 0 Å². The highest BCUT2D eigenvalue weighted by molar-refractivity contribution is 8.00. The maximum Gasteiger partial charge on any atom is 0.0281 e. The van der Waals surface area contributed by atoms with Crippen LogP contribution in [-0.2, 0) is 6.54 Å². The molecule has 0 aliphatic heterocycles. The van der Waals surface area contributed by atoms with E-state index in [9.17, 15) is 0 Å². The van der Waals surface area contributed by atoms with E-state index in [2.05, 4.69) is 55.4 Å². The highest BCUT2D eigenvalue weighted by atomic mass is 32.2. The van der Waals surface area contributed by atoms with Crippen LogP contribution in [0, 0.1) is 13.8 Å². The average Bonchev–Trinajstić information content (AvgIpc) is 2.44. The SMILES string of the molecule is CSC1(CNCc2cc(C)ccc2C)CCCCC1. The minimum Gasteiger partial charge on any atom is -0.311 e. The number of hydrogen-bond acceptors (Lipinski definition) is 2. The Morgan fingerprint density at radius 2 is 1.89 bits per heavy atom. The molecule has 1 aliphatic carbocycles. The van der Waals surface area contributed by atoms with Crippen LogP contribution >= 0.6 is 11.8 Å². The second-order valence-electron chi connectivity index (χ2n) is 5.98. The Bertz CT molecular complexity index is 408. The maximum absolute atomic E-state index is 3.71. The van der Waals surface area contributed by atoms with Crippen LogP contribution in [0.15, 0.2) is 18.2 Å². The number of rotatable bonds is 5. The van der Waals surface area contributed by atoms with Gasteiger partial charge in [-0.15, -0.1) is 0 Å². The lowest BCUT2D eigenvalue weighted by Crippen LogP contribution is -2.39. The van der Waals surface area contributed by atoms with Crippen LogP contribution in [0.5, 0.6) is 0 Å². The van der Waals surface area contributed by atoms with Gasteiger partial charge in [0.05, 0.1) is 0 Å². The Labute approximate surface area is 122 Å². The molecule has 19 heavy (non-hydrogen) atoms. The molecule has 1 aromatic rings. The summed E-state index contributed by atoms with van der Waals surface area (Å²) in [5.41, 5.74) is 4.21. The minimum absolute atomic E-state index is 0.496. The van der Waals surface area contributed by atoms with Crippen molar-refractivity contribution in [3.8, 4) is 0 Å². The van der Waals surface area contributed by atoms with Gasteiger partial charge in [0.1, 0.15) is 0 Å². The van der Waals surface area contributed by atoms with Crippen molar-refractivity contribution in [1.82, 2.24) is 5.32 Å². The highest BCUT2D eigenvalue weighted by Gasteiger charge is 2.30. The third-order valence-corrected chi connectivity index (χ3v) is 5.88. The zero-order valence-electron chi connectivity index (χ0n) is 12.6. The van der Waals surface area contributed by atoms with Crippen LogP contribution in [0.25, 0.3) is 0 Å². The van der Waals surface area contributed by atoms with Crippen molar-refractivity contribution < 1.29 is 0 Å². The number of thioether (sulfide) groups is 1. The predicted octanol–water partition coefficient (Wildman–Crippen LogP) is 4.46. The Balaban J connectivity index is 1.90. The van der Waals surface area contributed by atoms with Crippen molar-refractivity contribution >= 4 is 11.8 Å². The molecule has 1 aromatic carbocycles. The first kappa shape index (κ1) is 14.9. The van der Waals surface area contributed by atoms with Gasteiger partial charge in [-0.1, -0.05) is 43.0 Å². The molecule has 0 heterocycles. The van der Waals surface area contributed by atoms with E-state index in [0.29, 0.717) is 4.75 Å². The molecular formula is C17H27NS. The molecule has 106 valence electrons. The monoisotopic (exact) mass is 277 g/mol. The van der Waals surface area contributed by atoms with Gasteiger partial charge < -0.3 is 5.32 Å². The fraction of sp³-hybridized carbons (Fsp3) is 0.647. The Morgan fingerprint density at radius 3 is 2.58 bits per heavy atom. The van der Waals surface area contributed by atoms with E-state index in [1.165, 1.54) is 48.8 Å². The van der Waals surface area contributed by atoms with Crippen LogP contribution in [0.2, 0.25) is 0 Å². The molecule has 0 spiro atoms. The summed E-state index contributed by atoms with van der Waals surface area (Å²) in [4.78, 5) is 0. The molecule has 2 heteroatoms. The van der Waals surface area contributed by atoms with Gasteiger partial charge >= 0.3 is 0 Å². The lowest BCUT2D eigenvalue weighted by atomic mass is 9.88. The number of nitrogens with one attached hydrogen (secondary N) is 1. The van der Waals surface area contributed by atoms with Crippen LogP contribution in [0.4, 0.5) is 0 Å². The lowest BCUT2D eigenvalue weighted by molar-refractivity contribution is 0.379. The molecule has 0 atom stereocenters. The van der Waals surface area contributed by atoms with Crippen molar-refractivity contribution in [3.05, 3.63) is 34.9 Å². The first-order valence-electron chi connectivity index (χ1n) is 7.47. The van der Waals surface area contributed by atoms with E-state index in [1.54, 1.807) is 0 Å². The summed E-state index contributed by atoms with van der Waals surface area (Å²) in [5.74, 6) is 0. The summed E-state index contributed by atoms with van der Waals surface area (Å²) in [6, 6.07) is 6.75.